The van der Waals surface area contributed by atoms with Crippen LogP contribution in [-0.4, -0.2) is 35.8 Å². The Kier molecular flexibility index (Phi) is 2.82. The summed E-state index contributed by atoms with van der Waals surface area (Å²) in [7, 11) is 1.79. The molecule has 16 heavy (non-hydrogen) atoms. The average Bonchev–Trinajstić information content (AvgIpc) is 2.65. The molecule has 0 aliphatic carbocycles. The summed E-state index contributed by atoms with van der Waals surface area (Å²) in [6.07, 6.45) is 4.23. The van der Waals surface area contributed by atoms with Crippen LogP contribution in [0.3, 0.4) is 0 Å². The summed E-state index contributed by atoms with van der Waals surface area (Å²) >= 11 is 1.20. The summed E-state index contributed by atoms with van der Waals surface area (Å²) < 4.78 is 1.71. The topological polar surface area (TPSA) is 93.8 Å². The maximum atomic E-state index is 10.7. The Hall–Kier alpha value is -1.96. The monoisotopic (exact) mass is 237 g/mol. The predicted molar refractivity (Wildman–Crippen MR) is 54.1 cm³/mol. The van der Waals surface area contributed by atoms with Crippen molar-refractivity contribution in [3.8, 4) is 0 Å². The molecule has 0 aliphatic rings. The Balaban J connectivity index is 2.25. The predicted octanol–water partition coefficient (Wildman–Crippen LogP) is 0.454. The van der Waals surface area contributed by atoms with E-state index >= 15 is 0 Å². The van der Waals surface area contributed by atoms with E-state index in [-0.39, 0.29) is 5.69 Å². The molecule has 82 valence electrons. The number of carboxylic acids is 1. The van der Waals surface area contributed by atoms with Gasteiger partial charge in [-0.1, -0.05) is 0 Å². The SMILES string of the molecule is Cn1cnnc1Sc1cncc(C(=O)O)n1. The molecule has 7 nitrogen and oxygen atoms in total. The summed E-state index contributed by atoms with van der Waals surface area (Å²) in [5.74, 6) is -1.10. The lowest BCUT2D eigenvalue weighted by molar-refractivity contribution is 0.0689. The van der Waals surface area contributed by atoms with E-state index in [4.69, 9.17) is 5.11 Å². The van der Waals surface area contributed by atoms with Crippen LogP contribution in [0.25, 0.3) is 0 Å². The lowest BCUT2D eigenvalue weighted by Gasteiger charge is -1.99. The fourth-order valence-corrected chi connectivity index (χ4v) is 1.68. The Bertz CT molecular complexity index is 527. The highest BCUT2D eigenvalue weighted by molar-refractivity contribution is 7.99. The maximum Gasteiger partial charge on any atom is 0.356 e. The third-order valence-electron chi connectivity index (χ3n) is 1.70. The second kappa shape index (κ2) is 4.27. The lowest BCUT2D eigenvalue weighted by Crippen LogP contribution is -2.01. The largest absolute Gasteiger partial charge is 0.476 e. The molecule has 0 saturated heterocycles. The first kappa shape index (κ1) is 10.6. The minimum absolute atomic E-state index is 0.0906. The Labute approximate surface area is 94.6 Å². The number of aromatic carboxylic acids is 1. The zero-order valence-electron chi connectivity index (χ0n) is 8.23. The number of nitrogens with zero attached hydrogens (tertiary/aromatic N) is 5. The van der Waals surface area contributed by atoms with E-state index in [2.05, 4.69) is 20.2 Å². The molecule has 0 radical (unpaired) electrons. The summed E-state index contributed by atoms with van der Waals surface area (Å²) in [4.78, 5) is 18.4. The third kappa shape index (κ3) is 2.16. The van der Waals surface area contributed by atoms with Gasteiger partial charge < -0.3 is 9.67 Å². The van der Waals surface area contributed by atoms with Gasteiger partial charge in [-0.15, -0.1) is 10.2 Å². The summed E-state index contributed by atoms with van der Waals surface area (Å²) in [5, 5.41) is 17.4. The van der Waals surface area contributed by atoms with Gasteiger partial charge in [-0.3, -0.25) is 4.98 Å². The molecule has 0 atom stereocenters. The summed E-state index contributed by atoms with van der Waals surface area (Å²) in [6.45, 7) is 0. The van der Waals surface area contributed by atoms with Gasteiger partial charge in [0, 0.05) is 7.05 Å². The Morgan fingerprint density at radius 3 is 2.94 bits per heavy atom. The van der Waals surface area contributed by atoms with Crippen LogP contribution in [0.15, 0.2) is 28.9 Å². The zero-order valence-corrected chi connectivity index (χ0v) is 9.05. The van der Waals surface area contributed by atoms with Gasteiger partial charge in [-0.25, -0.2) is 9.78 Å². The first-order valence-corrected chi connectivity index (χ1v) is 5.05. The van der Waals surface area contributed by atoms with Crippen molar-refractivity contribution >= 4 is 17.7 Å². The molecule has 2 heterocycles. The normalized spacial score (nSPS) is 10.3. The van der Waals surface area contributed by atoms with E-state index < -0.39 is 5.97 Å². The highest BCUT2D eigenvalue weighted by Gasteiger charge is 2.09. The van der Waals surface area contributed by atoms with Crippen LogP contribution in [-0.2, 0) is 7.05 Å². The lowest BCUT2D eigenvalue weighted by atomic mass is 10.5. The van der Waals surface area contributed by atoms with Gasteiger partial charge in [0.05, 0.1) is 12.4 Å². The van der Waals surface area contributed by atoms with Gasteiger partial charge in [0.2, 0.25) is 0 Å². The van der Waals surface area contributed by atoms with Crippen molar-refractivity contribution in [1.82, 2.24) is 24.7 Å². The van der Waals surface area contributed by atoms with Gasteiger partial charge in [0.1, 0.15) is 11.4 Å². The molecule has 0 saturated carbocycles. The van der Waals surface area contributed by atoms with Crippen LogP contribution in [0.2, 0.25) is 0 Å². The molecule has 0 aliphatic heterocycles. The fraction of sp³-hybridized carbons (Fsp3) is 0.125. The first-order chi connectivity index (χ1) is 7.66. The quantitative estimate of drug-likeness (QED) is 0.828. The van der Waals surface area contributed by atoms with Crippen molar-refractivity contribution in [3.05, 3.63) is 24.4 Å². The number of rotatable bonds is 3. The number of aryl methyl sites for hydroxylation is 1. The molecular weight excluding hydrogens is 230 g/mol. The van der Waals surface area contributed by atoms with E-state index in [0.29, 0.717) is 10.2 Å². The zero-order chi connectivity index (χ0) is 11.5. The molecule has 0 aromatic carbocycles. The number of carbonyl (C=O) groups is 1. The van der Waals surface area contributed by atoms with Crippen molar-refractivity contribution in [1.29, 1.82) is 0 Å². The van der Waals surface area contributed by atoms with Crippen LogP contribution in [0.4, 0.5) is 0 Å². The Morgan fingerprint density at radius 1 is 1.50 bits per heavy atom. The first-order valence-electron chi connectivity index (χ1n) is 4.24. The second-order valence-corrected chi connectivity index (χ2v) is 3.86. The van der Waals surface area contributed by atoms with Gasteiger partial charge in [0.15, 0.2) is 10.9 Å². The van der Waals surface area contributed by atoms with Gasteiger partial charge in [-0.2, -0.15) is 0 Å². The van der Waals surface area contributed by atoms with Crippen LogP contribution in [0.1, 0.15) is 10.5 Å². The van der Waals surface area contributed by atoms with Crippen molar-refractivity contribution < 1.29 is 9.90 Å². The molecule has 2 rings (SSSR count). The molecule has 0 spiro atoms. The Morgan fingerprint density at radius 2 is 2.31 bits per heavy atom. The van der Waals surface area contributed by atoms with E-state index in [9.17, 15) is 4.79 Å². The summed E-state index contributed by atoms with van der Waals surface area (Å²) in [5.41, 5.74) is -0.0906. The molecule has 0 bridgehead atoms. The van der Waals surface area contributed by atoms with Crippen LogP contribution >= 0.6 is 11.8 Å². The molecule has 0 unspecified atom stereocenters. The molecule has 0 fully saturated rings. The van der Waals surface area contributed by atoms with E-state index in [0.717, 1.165) is 0 Å². The molecule has 2 aromatic heterocycles. The summed E-state index contributed by atoms with van der Waals surface area (Å²) in [6, 6.07) is 0. The minimum Gasteiger partial charge on any atom is -0.476 e. The van der Waals surface area contributed by atoms with Crippen LogP contribution in [0.5, 0.6) is 0 Å². The van der Waals surface area contributed by atoms with Crippen molar-refractivity contribution in [2.75, 3.05) is 0 Å². The van der Waals surface area contributed by atoms with Crippen LogP contribution < -0.4 is 0 Å². The fourth-order valence-electron chi connectivity index (χ4n) is 0.959. The average molecular weight is 237 g/mol. The molecule has 0 amide bonds. The minimum atomic E-state index is -1.10. The van der Waals surface area contributed by atoms with E-state index in [1.54, 1.807) is 17.9 Å². The molecule has 8 heteroatoms. The van der Waals surface area contributed by atoms with Gasteiger partial charge in [0.25, 0.3) is 0 Å². The highest BCUT2D eigenvalue weighted by atomic mass is 32.2. The molecule has 1 N–H and O–H groups in total. The number of aromatic nitrogens is 5. The van der Waals surface area contributed by atoms with E-state index in [1.807, 2.05) is 0 Å². The number of hydrogen-bond acceptors (Lipinski definition) is 6. The highest BCUT2D eigenvalue weighted by Crippen LogP contribution is 2.22. The number of hydrogen-bond donors (Lipinski definition) is 1. The third-order valence-corrected chi connectivity index (χ3v) is 2.66. The molecule has 2 aromatic rings. The van der Waals surface area contributed by atoms with Crippen molar-refractivity contribution in [3.63, 3.8) is 0 Å². The van der Waals surface area contributed by atoms with Crippen molar-refractivity contribution in [2.45, 2.75) is 10.2 Å². The second-order valence-electron chi connectivity index (χ2n) is 2.87. The standard InChI is InChI=1S/C8H7N5O2S/c1-13-4-10-12-8(13)16-6-3-9-2-5(11-6)7(14)15/h2-4H,1H3,(H,14,15). The smallest absolute Gasteiger partial charge is 0.356 e. The maximum absolute atomic E-state index is 10.7. The molecular formula is C8H7N5O2S. The van der Waals surface area contributed by atoms with Crippen molar-refractivity contribution in [2.24, 2.45) is 7.05 Å². The van der Waals surface area contributed by atoms with E-state index in [1.165, 1.54) is 24.2 Å². The number of carboxylic acid groups (broad SMARTS) is 1. The van der Waals surface area contributed by atoms with Gasteiger partial charge in [-0.05, 0) is 11.8 Å². The van der Waals surface area contributed by atoms with Crippen LogP contribution in [0, 0.1) is 0 Å². The van der Waals surface area contributed by atoms with Gasteiger partial charge >= 0.3 is 5.97 Å².